The molecule has 0 bridgehead atoms. The van der Waals surface area contributed by atoms with Gasteiger partial charge in [-0.25, -0.2) is 4.39 Å². The van der Waals surface area contributed by atoms with Crippen LogP contribution in [0.25, 0.3) is 0 Å². The van der Waals surface area contributed by atoms with Gasteiger partial charge in [0.15, 0.2) is 0 Å². The van der Waals surface area contributed by atoms with E-state index in [1.807, 2.05) is 0 Å². The monoisotopic (exact) mass is 249 g/mol. The number of carbonyl (C=O) groups excluding carboxylic acids is 1. The van der Waals surface area contributed by atoms with Gasteiger partial charge in [0.2, 0.25) is 0 Å². The van der Waals surface area contributed by atoms with E-state index in [1.54, 1.807) is 0 Å². The molecule has 0 saturated heterocycles. The molecule has 0 radical (unpaired) electrons. The lowest BCUT2D eigenvalue weighted by molar-refractivity contribution is 0.0950. The van der Waals surface area contributed by atoms with Crippen LogP contribution in [0, 0.1) is 5.82 Å². The summed E-state index contributed by atoms with van der Waals surface area (Å²) in [5.41, 5.74) is -0.0444. The summed E-state index contributed by atoms with van der Waals surface area (Å²) in [6.45, 7) is 0.425. The molecular formula is C10H10Cl2FNO. The largest absolute Gasteiger partial charge is 0.352 e. The predicted octanol–water partition coefficient (Wildman–Crippen LogP) is 2.84. The maximum Gasteiger partial charge on any atom is 0.254 e. The van der Waals surface area contributed by atoms with Crippen LogP contribution < -0.4 is 5.32 Å². The van der Waals surface area contributed by atoms with Gasteiger partial charge >= 0.3 is 0 Å². The van der Waals surface area contributed by atoms with Gasteiger partial charge < -0.3 is 5.32 Å². The average Bonchev–Trinajstić information content (AvgIpc) is 2.22. The highest BCUT2D eigenvalue weighted by Crippen LogP contribution is 2.14. The third-order valence-electron chi connectivity index (χ3n) is 1.77. The minimum Gasteiger partial charge on any atom is -0.352 e. The summed E-state index contributed by atoms with van der Waals surface area (Å²) in [4.78, 5) is 11.4. The van der Waals surface area contributed by atoms with E-state index in [1.165, 1.54) is 18.2 Å². The van der Waals surface area contributed by atoms with Gasteiger partial charge in [-0.3, -0.25) is 4.79 Å². The maximum absolute atomic E-state index is 13.2. The number of rotatable bonds is 4. The molecule has 1 amide bonds. The first-order valence-corrected chi connectivity index (χ1v) is 5.35. The van der Waals surface area contributed by atoms with Gasteiger partial charge in [0.1, 0.15) is 5.82 Å². The molecule has 0 fully saturated rings. The Morgan fingerprint density at radius 3 is 2.87 bits per heavy atom. The summed E-state index contributed by atoms with van der Waals surface area (Å²) in [6.07, 6.45) is 0.648. The van der Waals surface area contributed by atoms with Crippen molar-refractivity contribution < 1.29 is 9.18 Å². The molecule has 0 heterocycles. The molecule has 1 aromatic carbocycles. The van der Waals surface area contributed by atoms with Crippen LogP contribution >= 0.6 is 23.2 Å². The fourth-order valence-electron chi connectivity index (χ4n) is 1.04. The van der Waals surface area contributed by atoms with E-state index in [0.29, 0.717) is 23.9 Å². The van der Waals surface area contributed by atoms with E-state index in [4.69, 9.17) is 23.2 Å². The first-order chi connectivity index (χ1) is 7.15. The molecule has 0 saturated carbocycles. The Kier molecular flexibility index (Phi) is 4.85. The standard InChI is InChI=1S/C10H10Cl2FNO/c11-4-1-5-14-10(15)8-6-7(12)2-3-9(8)13/h2-3,6H,1,4-5H2,(H,14,15). The molecule has 5 heteroatoms. The van der Waals surface area contributed by atoms with Gasteiger partial charge in [-0.1, -0.05) is 11.6 Å². The Morgan fingerprint density at radius 2 is 2.20 bits per heavy atom. The lowest BCUT2D eigenvalue weighted by Gasteiger charge is -2.05. The van der Waals surface area contributed by atoms with Gasteiger partial charge in [-0.15, -0.1) is 11.6 Å². The van der Waals surface area contributed by atoms with Gasteiger partial charge in [0.05, 0.1) is 5.56 Å². The predicted molar refractivity (Wildman–Crippen MR) is 59.1 cm³/mol. The van der Waals surface area contributed by atoms with Crippen molar-refractivity contribution in [2.24, 2.45) is 0 Å². The molecule has 0 unspecified atom stereocenters. The fraction of sp³-hybridized carbons (Fsp3) is 0.300. The number of alkyl halides is 1. The minimum atomic E-state index is -0.581. The van der Waals surface area contributed by atoms with E-state index < -0.39 is 11.7 Å². The van der Waals surface area contributed by atoms with Crippen molar-refractivity contribution in [3.8, 4) is 0 Å². The van der Waals surface area contributed by atoms with Crippen molar-refractivity contribution >= 4 is 29.1 Å². The molecule has 0 atom stereocenters. The Bertz CT molecular complexity index is 357. The van der Waals surface area contributed by atoms with Crippen molar-refractivity contribution in [1.29, 1.82) is 0 Å². The molecule has 0 aliphatic heterocycles. The normalized spacial score (nSPS) is 10.1. The molecule has 2 nitrogen and oxygen atoms in total. The van der Waals surface area contributed by atoms with E-state index >= 15 is 0 Å². The van der Waals surface area contributed by atoms with Crippen LogP contribution in [0.5, 0.6) is 0 Å². The molecule has 1 aromatic rings. The third kappa shape index (κ3) is 3.68. The van der Waals surface area contributed by atoms with Gasteiger partial charge in [-0.2, -0.15) is 0 Å². The highest BCUT2D eigenvalue weighted by molar-refractivity contribution is 6.31. The molecule has 0 aliphatic carbocycles. The maximum atomic E-state index is 13.2. The average molecular weight is 250 g/mol. The second-order valence-corrected chi connectivity index (χ2v) is 3.74. The van der Waals surface area contributed by atoms with Crippen LogP contribution in [0.2, 0.25) is 5.02 Å². The summed E-state index contributed by atoms with van der Waals surface area (Å²) in [5.74, 6) is -0.596. The molecular weight excluding hydrogens is 240 g/mol. The number of benzene rings is 1. The molecule has 82 valence electrons. The minimum absolute atomic E-state index is 0.0444. The molecule has 0 spiro atoms. The second kappa shape index (κ2) is 5.93. The SMILES string of the molecule is O=C(NCCCCl)c1cc(Cl)ccc1F. The number of nitrogens with one attached hydrogen (secondary N) is 1. The van der Waals surface area contributed by atoms with Crippen LogP contribution in [0.1, 0.15) is 16.8 Å². The Balaban J connectivity index is 2.68. The highest BCUT2D eigenvalue weighted by Gasteiger charge is 2.11. The lowest BCUT2D eigenvalue weighted by Crippen LogP contribution is -2.25. The quantitative estimate of drug-likeness (QED) is 0.646. The first-order valence-electron chi connectivity index (χ1n) is 4.44. The van der Waals surface area contributed by atoms with Crippen LogP contribution in [-0.4, -0.2) is 18.3 Å². The number of hydrogen-bond acceptors (Lipinski definition) is 1. The summed E-state index contributed by atoms with van der Waals surface area (Å²) in [6, 6.07) is 3.86. The third-order valence-corrected chi connectivity index (χ3v) is 2.27. The number of carbonyl (C=O) groups is 1. The molecule has 15 heavy (non-hydrogen) atoms. The van der Waals surface area contributed by atoms with Crippen LogP contribution in [0.3, 0.4) is 0 Å². The van der Waals surface area contributed by atoms with Gasteiger partial charge in [-0.05, 0) is 24.6 Å². The van der Waals surface area contributed by atoms with E-state index in [0.717, 1.165) is 0 Å². The number of hydrogen-bond donors (Lipinski definition) is 1. The zero-order chi connectivity index (χ0) is 11.3. The topological polar surface area (TPSA) is 29.1 Å². The zero-order valence-electron chi connectivity index (χ0n) is 7.90. The molecule has 1 rings (SSSR count). The fourth-order valence-corrected chi connectivity index (χ4v) is 1.34. The van der Waals surface area contributed by atoms with Crippen molar-refractivity contribution in [2.45, 2.75) is 6.42 Å². The summed E-state index contributed by atoms with van der Waals surface area (Å²) < 4.78 is 13.2. The smallest absolute Gasteiger partial charge is 0.254 e. The summed E-state index contributed by atoms with van der Waals surface area (Å²) >= 11 is 11.1. The van der Waals surface area contributed by atoms with Crippen molar-refractivity contribution in [2.75, 3.05) is 12.4 Å². The van der Waals surface area contributed by atoms with E-state index in [2.05, 4.69) is 5.32 Å². The Hall–Kier alpha value is -0.800. The molecule has 1 N–H and O–H groups in total. The highest BCUT2D eigenvalue weighted by atomic mass is 35.5. The zero-order valence-corrected chi connectivity index (χ0v) is 9.41. The Morgan fingerprint density at radius 1 is 1.47 bits per heavy atom. The van der Waals surface area contributed by atoms with E-state index in [-0.39, 0.29) is 5.56 Å². The van der Waals surface area contributed by atoms with Crippen molar-refractivity contribution in [3.05, 3.63) is 34.6 Å². The van der Waals surface area contributed by atoms with Crippen LogP contribution in [-0.2, 0) is 0 Å². The lowest BCUT2D eigenvalue weighted by atomic mass is 10.2. The van der Waals surface area contributed by atoms with Crippen molar-refractivity contribution in [1.82, 2.24) is 5.32 Å². The first kappa shape index (κ1) is 12.3. The van der Waals surface area contributed by atoms with Crippen molar-refractivity contribution in [3.63, 3.8) is 0 Å². The molecule has 0 aromatic heterocycles. The van der Waals surface area contributed by atoms with Crippen LogP contribution in [0.15, 0.2) is 18.2 Å². The second-order valence-electron chi connectivity index (χ2n) is 2.92. The summed E-state index contributed by atoms with van der Waals surface area (Å²) in [5, 5.41) is 2.88. The van der Waals surface area contributed by atoms with Gasteiger partial charge in [0, 0.05) is 17.4 Å². The number of halogens is 3. The van der Waals surface area contributed by atoms with Crippen LogP contribution in [0.4, 0.5) is 4.39 Å². The van der Waals surface area contributed by atoms with E-state index in [9.17, 15) is 9.18 Å². The Labute approximate surface area is 97.4 Å². The number of amides is 1. The molecule has 0 aliphatic rings. The van der Waals surface area contributed by atoms with Gasteiger partial charge in [0.25, 0.3) is 5.91 Å². The summed E-state index contributed by atoms with van der Waals surface area (Å²) in [7, 11) is 0.